The van der Waals surface area contributed by atoms with Crippen molar-refractivity contribution in [3.63, 3.8) is 0 Å². The van der Waals surface area contributed by atoms with E-state index in [1.54, 1.807) is 18.2 Å². The Morgan fingerprint density at radius 3 is 2.32 bits per heavy atom. The summed E-state index contributed by atoms with van der Waals surface area (Å²) in [4.78, 5) is 41.8. The van der Waals surface area contributed by atoms with Crippen LogP contribution in [-0.2, 0) is 9.53 Å². The normalized spacial score (nSPS) is 15.7. The number of nitro groups is 1. The first-order chi connectivity index (χ1) is 18.3. The summed E-state index contributed by atoms with van der Waals surface area (Å²) >= 11 is 11.9. The fraction of sp³-hybridized carbons (Fsp3) is 0.400. The Morgan fingerprint density at radius 2 is 1.68 bits per heavy atom. The molecule has 2 aromatic carbocycles. The molecule has 202 valence electrons. The Balaban J connectivity index is 1.41. The number of nitrogens with one attached hydrogen (secondary N) is 2. The summed E-state index contributed by atoms with van der Waals surface area (Å²) in [6, 6.07) is 9.58. The van der Waals surface area contributed by atoms with E-state index in [0.29, 0.717) is 75.3 Å². The lowest BCUT2D eigenvalue weighted by molar-refractivity contribution is -0.384. The first kappa shape index (κ1) is 27.6. The number of hydrogen-bond donors (Lipinski definition) is 2. The second kappa shape index (κ2) is 12.4. The van der Waals surface area contributed by atoms with Gasteiger partial charge in [0.15, 0.2) is 5.11 Å². The molecule has 0 saturated carbocycles. The molecule has 0 aromatic heterocycles. The summed E-state index contributed by atoms with van der Waals surface area (Å²) in [6.45, 7) is 6.64. The molecule has 0 spiro atoms. The Kier molecular flexibility index (Phi) is 8.97. The topological polar surface area (TPSA) is 120 Å². The molecule has 0 unspecified atom stereocenters. The molecule has 2 fully saturated rings. The highest BCUT2D eigenvalue weighted by atomic mass is 35.5. The molecule has 2 heterocycles. The predicted molar refractivity (Wildman–Crippen MR) is 150 cm³/mol. The number of morpholine rings is 1. The number of hydrogen-bond acceptors (Lipinski definition) is 8. The maximum Gasteiger partial charge on any atom is 0.270 e. The molecule has 0 atom stereocenters. The van der Waals surface area contributed by atoms with Gasteiger partial charge in [0.05, 0.1) is 40.1 Å². The first-order valence-electron chi connectivity index (χ1n) is 12.3. The third-order valence-corrected chi connectivity index (χ3v) is 7.00. The number of thiocarbonyl (C=S) groups is 1. The van der Waals surface area contributed by atoms with Crippen LogP contribution in [0, 0.1) is 10.1 Å². The zero-order valence-electron chi connectivity index (χ0n) is 20.9. The van der Waals surface area contributed by atoms with Gasteiger partial charge in [0.2, 0.25) is 5.91 Å². The number of carbonyl (C=O) groups excluding carboxylic acids is 2. The molecule has 2 N–H and O–H groups in total. The number of non-ortho nitro benzene ring substituents is 1. The van der Waals surface area contributed by atoms with E-state index >= 15 is 0 Å². The third-order valence-electron chi connectivity index (χ3n) is 6.50. The Hall–Kier alpha value is -3.48. The van der Waals surface area contributed by atoms with Gasteiger partial charge in [-0.2, -0.15) is 0 Å². The van der Waals surface area contributed by atoms with Crippen molar-refractivity contribution in [1.29, 1.82) is 0 Å². The van der Waals surface area contributed by atoms with E-state index in [0.717, 1.165) is 5.69 Å². The van der Waals surface area contributed by atoms with E-state index in [-0.39, 0.29) is 22.3 Å². The fourth-order valence-corrected chi connectivity index (χ4v) is 5.00. The minimum Gasteiger partial charge on any atom is -0.378 e. The van der Waals surface area contributed by atoms with Crippen molar-refractivity contribution >= 4 is 63.5 Å². The van der Waals surface area contributed by atoms with Crippen LogP contribution in [0.1, 0.15) is 23.7 Å². The number of carbonyl (C=O) groups is 2. The van der Waals surface area contributed by atoms with Crippen LogP contribution in [0.5, 0.6) is 0 Å². The highest BCUT2D eigenvalue weighted by Gasteiger charge is 2.24. The molecule has 0 radical (unpaired) electrons. The molecule has 0 bridgehead atoms. The molecule has 0 aliphatic carbocycles. The van der Waals surface area contributed by atoms with Crippen LogP contribution in [0.2, 0.25) is 5.02 Å². The lowest BCUT2D eigenvalue weighted by Crippen LogP contribution is -2.48. The fourth-order valence-electron chi connectivity index (χ4n) is 4.49. The molecule has 2 aromatic rings. The summed E-state index contributed by atoms with van der Waals surface area (Å²) in [6.07, 6.45) is 0.493. The van der Waals surface area contributed by atoms with Gasteiger partial charge in [-0.25, -0.2) is 0 Å². The Morgan fingerprint density at radius 1 is 1.03 bits per heavy atom. The molecule has 13 heteroatoms. The van der Waals surface area contributed by atoms with Gasteiger partial charge < -0.3 is 24.8 Å². The molecule has 2 aliphatic heterocycles. The molecule has 2 amide bonds. The molecule has 38 heavy (non-hydrogen) atoms. The zero-order valence-corrected chi connectivity index (χ0v) is 22.5. The van der Waals surface area contributed by atoms with Gasteiger partial charge in [0.1, 0.15) is 0 Å². The molecule has 2 saturated heterocycles. The maximum atomic E-state index is 13.1. The summed E-state index contributed by atoms with van der Waals surface area (Å²) in [7, 11) is 0. The molecular formula is C25H29ClN6O5S. The van der Waals surface area contributed by atoms with Gasteiger partial charge in [-0.05, 0) is 36.5 Å². The van der Waals surface area contributed by atoms with Crippen LogP contribution in [0.4, 0.5) is 22.7 Å². The molecule has 2 aliphatic rings. The van der Waals surface area contributed by atoms with Gasteiger partial charge in [-0.15, -0.1) is 0 Å². The number of piperazine rings is 1. The van der Waals surface area contributed by atoms with Crippen LogP contribution in [0.15, 0.2) is 36.4 Å². The van der Waals surface area contributed by atoms with E-state index in [9.17, 15) is 19.7 Å². The Labute approximate surface area is 230 Å². The van der Waals surface area contributed by atoms with Crippen LogP contribution in [0.3, 0.4) is 0 Å². The summed E-state index contributed by atoms with van der Waals surface area (Å²) in [5.74, 6) is -0.414. The third kappa shape index (κ3) is 6.50. The maximum absolute atomic E-state index is 13.1. The van der Waals surface area contributed by atoms with E-state index < -0.39 is 10.8 Å². The van der Waals surface area contributed by atoms with Gasteiger partial charge in [0, 0.05) is 63.5 Å². The average Bonchev–Trinajstić information content (AvgIpc) is 2.93. The number of benzene rings is 2. The molecular weight excluding hydrogens is 532 g/mol. The van der Waals surface area contributed by atoms with E-state index in [4.69, 9.17) is 28.6 Å². The number of anilines is 3. The lowest BCUT2D eigenvalue weighted by atomic mass is 10.1. The average molecular weight is 561 g/mol. The van der Waals surface area contributed by atoms with Crippen molar-refractivity contribution in [2.45, 2.75) is 13.3 Å². The van der Waals surface area contributed by atoms with Gasteiger partial charge in [-0.1, -0.05) is 18.5 Å². The van der Waals surface area contributed by atoms with Crippen LogP contribution in [-0.4, -0.2) is 79.2 Å². The standard InChI is InChI=1S/C25H29ClN6O5S/c1-2-23(33)31-9-7-29(8-10-31)22-5-3-17(15-20(22)26)27-25(38)28-24(34)19-16-18(32(35)36)4-6-21(19)30-11-13-37-14-12-30/h3-6,15-16H,2,7-14H2,1H3,(H2,27,28,34,38). The first-order valence-corrected chi connectivity index (χ1v) is 13.1. The second-order valence-corrected chi connectivity index (χ2v) is 9.67. The lowest BCUT2D eigenvalue weighted by Gasteiger charge is -2.36. The largest absolute Gasteiger partial charge is 0.378 e. The van der Waals surface area contributed by atoms with E-state index in [1.807, 2.05) is 22.8 Å². The van der Waals surface area contributed by atoms with Crippen molar-refractivity contribution in [2.24, 2.45) is 0 Å². The quantitative estimate of drug-likeness (QED) is 0.311. The van der Waals surface area contributed by atoms with Crippen molar-refractivity contribution in [2.75, 3.05) is 67.6 Å². The van der Waals surface area contributed by atoms with Crippen molar-refractivity contribution < 1.29 is 19.2 Å². The molecule has 11 nitrogen and oxygen atoms in total. The highest BCUT2D eigenvalue weighted by molar-refractivity contribution is 7.80. The highest BCUT2D eigenvalue weighted by Crippen LogP contribution is 2.30. The van der Waals surface area contributed by atoms with Crippen LogP contribution in [0.25, 0.3) is 0 Å². The van der Waals surface area contributed by atoms with Crippen molar-refractivity contribution in [1.82, 2.24) is 10.2 Å². The summed E-state index contributed by atoms with van der Waals surface area (Å²) < 4.78 is 5.38. The number of halogens is 1. The predicted octanol–water partition coefficient (Wildman–Crippen LogP) is 3.27. The SMILES string of the molecule is CCC(=O)N1CCN(c2ccc(NC(=S)NC(=O)c3cc([N+](=O)[O-])ccc3N3CCOCC3)cc2Cl)CC1. The summed E-state index contributed by atoms with van der Waals surface area (Å²) in [5.41, 5.74) is 1.97. The monoisotopic (exact) mass is 560 g/mol. The van der Waals surface area contributed by atoms with E-state index in [2.05, 4.69) is 15.5 Å². The second-order valence-electron chi connectivity index (χ2n) is 8.85. The number of amides is 2. The van der Waals surface area contributed by atoms with E-state index in [1.165, 1.54) is 12.1 Å². The van der Waals surface area contributed by atoms with Crippen molar-refractivity contribution in [3.8, 4) is 0 Å². The number of rotatable bonds is 6. The Bertz CT molecular complexity index is 1230. The number of nitro benzene ring substituents is 1. The summed E-state index contributed by atoms with van der Waals surface area (Å²) in [5, 5.41) is 17.4. The number of nitrogens with zero attached hydrogens (tertiary/aromatic N) is 4. The minimum absolute atomic E-state index is 0.0324. The molecule has 4 rings (SSSR count). The minimum atomic E-state index is -0.560. The van der Waals surface area contributed by atoms with Crippen molar-refractivity contribution in [3.05, 3.63) is 57.1 Å². The van der Waals surface area contributed by atoms with Gasteiger partial charge >= 0.3 is 0 Å². The van der Waals surface area contributed by atoms with Gasteiger partial charge in [-0.3, -0.25) is 25.0 Å². The van der Waals surface area contributed by atoms with Crippen LogP contribution >= 0.6 is 23.8 Å². The number of ether oxygens (including phenoxy) is 1. The zero-order chi connectivity index (χ0) is 27.2. The smallest absolute Gasteiger partial charge is 0.270 e. The van der Waals surface area contributed by atoms with Crippen LogP contribution < -0.4 is 20.4 Å². The van der Waals surface area contributed by atoms with Gasteiger partial charge in [0.25, 0.3) is 11.6 Å².